The fourth-order valence-electron chi connectivity index (χ4n) is 3.89. The Kier molecular flexibility index (Phi) is 3.68. The molecule has 1 spiro atoms. The normalized spacial score (nSPS) is 19.8. The molecule has 0 amide bonds. The average Bonchev–Trinajstić information content (AvgIpc) is 3.17. The SMILES string of the molecule is COc1ccc(N)c(C2=NC3=NC(c4ccc(N)nc4)=C2[N+]32CCOCC2)n1. The quantitative estimate of drug-likeness (QED) is 0.770. The molecule has 9 nitrogen and oxygen atoms in total. The first-order valence-electron chi connectivity index (χ1n) is 9.03. The number of ether oxygens (including phenoxy) is 2. The Bertz CT molecular complexity index is 1050. The Morgan fingerprint density at radius 2 is 1.89 bits per heavy atom. The van der Waals surface area contributed by atoms with Crippen molar-refractivity contribution in [2.24, 2.45) is 9.98 Å². The van der Waals surface area contributed by atoms with Gasteiger partial charge in [-0.2, -0.15) is 9.98 Å². The number of nitrogens with zero attached hydrogens (tertiary/aromatic N) is 5. The molecule has 2 aromatic heterocycles. The molecule has 0 radical (unpaired) electrons. The molecule has 0 saturated carbocycles. The third-order valence-electron chi connectivity index (χ3n) is 5.31. The summed E-state index contributed by atoms with van der Waals surface area (Å²) < 4.78 is 11.4. The molecule has 4 N–H and O–H groups in total. The summed E-state index contributed by atoms with van der Waals surface area (Å²) in [4.78, 5) is 18.4. The van der Waals surface area contributed by atoms with Gasteiger partial charge in [0.05, 0.1) is 26.0 Å². The highest BCUT2D eigenvalue weighted by atomic mass is 16.5. The van der Waals surface area contributed by atoms with Gasteiger partial charge >= 0.3 is 5.96 Å². The topological polar surface area (TPSA) is 121 Å². The summed E-state index contributed by atoms with van der Waals surface area (Å²) in [5, 5.41) is 0. The summed E-state index contributed by atoms with van der Waals surface area (Å²) in [6.07, 6.45) is 1.74. The Labute approximate surface area is 161 Å². The summed E-state index contributed by atoms with van der Waals surface area (Å²) in [5.74, 6) is 1.69. The number of hydrogen-bond donors (Lipinski definition) is 2. The zero-order valence-corrected chi connectivity index (χ0v) is 15.4. The maximum atomic E-state index is 6.26. The number of pyridine rings is 2. The molecule has 28 heavy (non-hydrogen) atoms. The molecule has 0 unspecified atom stereocenters. The van der Waals surface area contributed by atoms with E-state index in [1.807, 2.05) is 6.07 Å². The minimum absolute atomic E-state index is 0.466. The molecule has 2 aromatic rings. The van der Waals surface area contributed by atoms with Gasteiger partial charge in [0, 0.05) is 17.8 Å². The number of hydrogen-bond acceptors (Lipinski definition) is 8. The molecule has 0 aromatic carbocycles. The van der Waals surface area contributed by atoms with Crippen LogP contribution in [-0.2, 0) is 4.74 Å². The first-order chi connectivity index (χ1) is 13.6. The molecule has 3 aliphatic rings. The van der Waals surface area contributed by atoms with E-state index in [9.17, 15) is 0 Å². The molecule has 1 saturated heterocycles. The fourth-order valence-corrected chi connectivity index (χ4v) is 3.89. The van der Waals surface area contributed by atoms with Crippen LogP contribution in [0.15, 0.2) is 46.1 Å². The number of guanidine groups is 1. The largest absolute Gasteiger partial charge is 0.481 e. The van der Waals surface area contributed by atoms with Crippen molar-refractivity contribution >= 4 is 28.9 Å². The lowest BCUT2D eigenvalue weighted by atomic mass is 10.0. The lowest BCUT2D eigenvalue weighted by Crippen LogP contribution is -2.54. The van der Waals surface area contributed by atoms with Crippen molar-refractivity contribution in [1.82, 2.24) is 9.97 Å². The number of allylic oxidation sites excluding steroid dienone is 1. The molecule has 1 fully saturated rings. The van der Waals surface area contributed by atoms with Gasteiger partial charge in [-0.05, 0) is 18.2 Å². The van der Waals surface area contributed by atoms with Gasteiger partial charge in [-0.25, -0.2) is 14.5 Å². The van der Waals surface area contributed by atoms with Crippen molar-refractivity contribution in [2.45, 2.75) is 0 Å². The lowest BCUT2D eigenvalue weighted by molar-refractivity contribution is -0.802. The van der Waals surface area contributed by atoms with E-state index in [1.54, 1.807) is 31.5 Å². The van der Waals surface area contributed by atoms with Crippen molar-refractivity contribution in [3.8, 4) is 5.88 Å². The highest BCUT2D eigenvalue weighted by Gasteiger charge is 2.55. The second-order valence-electron chi connectivity index (χ2n) is 6.86. The van der Waals surface area contributed by atoms with E-state index in [-0.39, 0.29) is 0 Å². The number of aliphatic imine (C=N–C) groups is 2. The molecular weight excluding hydrogens is 358 g/mol. The van der Waals surface area contributed by atoms with Gasteiger partial charge in [0.2, 0.25) is 5.88 Å². The Morgan fingerprint density at radius 1 is 1.07 bits per heavy atom. The minimum atomic E-state index is 0.466. The second kappa shape index (κ2) is 6.11. The van der Waals surface area contributed by atoms with Crippen molar-refractivity contribution < 1.29 is 14.0 Å². The highest BCUT2D eigenvalue weighted by molar-refractivity contribution is 6.25. The first-order valence-corrected chi connectivity index (χ1v) is 9.03. The highest BCUT2D eigenvalue weighted by Crippen LogP contribution is 2.43. The molecule has 5 rings (SSSR count). The summed E-state index contributed by atoms with van der Waals surface area (Å²) >= 11 is 0. The Morgan fingerprint density at radius 3 is 2.61 bits per heavy atom. The Hall–Kier alpha value is -3.30. The predicted octanol–water partition coefficient (Wildman–Crippen LogP) is 1.04. The van der Waals surface area contributed by atoms with E-state index in [0.717, 1.165) is 41.7 Å². The third kappa shape index (κ3) is 2.33. The maximum absolute atomic E-state index is 6.26. The number of rotatable bonds is 3. The van der Waals surface area contributed by atoms with Gasteiger partial charge in [0.25, 0.3) is 0 Å². The molecule has 2 bridgehead atoms. The van der Waals surface area contributed by atoms with Gasteiger partial charge in [-0.15, -0.1) is 0 Å². The van der Waals surface area contributed by atoms with Gasteiger partial charge < -0.3 is 20.9 Å². The summed E-state index contributed by atoms with van der Waals surface area (Å²) in [6, 6.07) is 7.22. The monoisotopic (exact) mass is 378 g/mol. The third-order valence-corrected chi connectivity index (χ3v) is 5.31. The van der Waals surface area contributed by atoms with Crippen LogP contribution in [0.25, 0.3) is 5.70 Å². The van der Waals surface area contributed by atoms with Crippen LogP contribution < -0.4 is 16.2 Å². The zero-order chi connectivity index (χ0) is 19.3. The van der Waals surface area contributed by atoms with E-state index >= 15 is 0 Å². The summed E-state index contributed by atoms with van der Waals surface area (Å²) in [5.41, 5.74) is 16.6. The van der Waals surface area contributed by atoms with E-state index in [1.165, 1.54) is 0 Å². The lowest BCUT2D eigenvalue weighted by Gasteiger charge is -2.34. The molecule has 0 atom stereocenters. The molecule has 0 aliphatic carbocycles. The van der Waals surface area contributed by atoms with Crippen molar-refractivity contribution in [1.29, 1.82) is 0 Å². The van der Waals surface area contributed by atoms with E-state index < -0.39 is 0 Å². The van der Waals surface area contributed by atoms with Crippen LogP contribution in [0.5, 0.6) is 5.88 Å². The van der Waals surface area contributed by atoms with Crippen molar-refractivity contribution in [2.75, 3.05) is 44.9 Å². The van der Waals surface area contributed by atoms with Crippen molar-refractivity contribution in [3.63, 3.8) is 0 Å². The smallest absolute Gasteiger partial charge is 0.336 e. The van der Waals surface area contributed by atoms with Crippen LogP contribution in [0.1, 0.15) is 11.3 Å². The van der Waals surface area contributed by atoms with Crippen LogP contribution in [-0.4, -0.2) is 59.5 Å². The standard InChI is InChI=1S/C19H20N7O2/c1-27-14-5-3-12(20)16(23-14)17-18-15(11-2-4-13(21)22-10-11)24-19(25-17)26(18)6-8-28-9-7-26/h2-5,10H,6-9,20H2,1H3,(H2,21,22)/q+1. The summed E-state index contributed by atoms with van der Waals surface area (Å²) in [7, 11) is 1.58. The van der Waals surface area contributed by atoms with Gasteiger partial charge in [-0.3, -0.25) is 0 Å². The molecule has 142 valence electrons. The predicted molar refractivity (Wildman–Crippen MR) is 106 cm³/mol. The number of quaternary nitrogens is 1. The van der Waals surface area contributed by atoms with Gasteiger partial charge in [0.15, 0.2) is 11.4 Å². The maximum Gasteiger partial charge on any atom is 0.336 e. The number of methoxy groups -OCH3 is 1. The van der Waals surface area contributed by atoms with Crippen LogP contribution >= 0.6 is 0 Å². The first kappa shape index (κ1) is 16.8. The number of nitrogen functional groups attached to an aromatic ring is 2. The zero-order valence-electron chi connectivity index (χ0n) is 15.4. The molecular formula is C19H20N7O2+. The summed E-state index contributed by atoms with van der Waals surface area (Å²) in [6.45, 7) is 2.80. The molecule has 3 aliphatic heterocycles. The number of anilines is 2. The Balaban J connectivity index is 1.71. The van der Waals surface area contributed by atoms with Gasteiger partial charge in [-0.1, -0.05) is 0 Å². The van der Waals surface area contributed by atoms with E-state index in [4.69, 9.17) is 30.9 Å². The fraction of sp³-hybridized carbons (Fsp3) is 0.263. The second-order valence-corrected chi connectivity index (χ2v) is 6.86. The number of aromatic nitrogens is 2. The number of morpholine rings is 1. The van der Waals surface area contributed by atoms with Crippen LogP contribution in [0.3, 0.4) is 0 Å². The van der Waals surface area contributed by atoms with E-state index in [0.29, 0.717) is 40.8 Å². The molecule has 5 heterocycles. The van der Waals surface area contributed by atoms with Crippen LogP contribution in [0.4, 0.5) is 11.5 Å². The van der Waals surface area contributed by atoms with Crippen molar-refractivity contribution in [3.05, 3.63) is 47.4 Å². The van der Waals surface area contributed by atoms with E-state index in [2.05, 4.69) is 9.97 Å². The molecule has 9 heteroatoms. The minimum Gasteiger partial charge on any atom is -0.481 e. The average molecular weight is 378 g/mol. The number of nitrogens with two attached hydrogens (primary N) is 2. The van der Waals surface area contributed by atoms with Crippen LogP contribution in [0, 0.1) is 0 Å². The van der Waals surface area contributed by atoms with Crippen LogP contribution in [0.2, 0.25) is 0 Å². The van der Waals surface area contributed by atoms with Gasteiger partial charge in [0.1, 0.15) is 30.3 Å².